The molecule has 0 atom stereocenters. The molecule has 0 nitrogen and oxygen atoms in total. The summed E-state index contributed by atoms with van der Waals surface area (Å²) in [6.07, 6.45) is 3.14. The zero-order chi connectivity index (χ0) is 4.99. The molecule has 3 heteroatoms. The highest BCUT2D eigenvalue weighted by Gasteiger charge is 1.87. The molecule has 0 unspecified atom stereocenters. The van der Waals surface area contributed by atoms with Gasteiger partial charge in [0.2, 0.25) is 0 Å². The molecule has 0 aliphatic carbocycles. The van der Waals surface area contributed by atoms with E-state index in [0.717, 1.165) is 0 Å². The van der Waals surface area contributed by atoms with Crippen molar-refractivity contribution in [3.63, 3.8) is 0 Å². The molecule has 0 heterocycles. The topological polar surface area (TPSA) is 0 Å². The van der Waals surface area contributed by atoms with E-state index < -0.39 is 0 Å². The molecule has 0 aromatic heterocycles. The molecule has 0 saturated heterocycles. The van der Waals surface area contributed by atoms with Gasteiger partial charge >= 0.3 is 0 Å². The van der Waals surface area contributed by atoms with Crippen LogP contribution in [0, 0.1) is 0 Å². The predicted octanol–water partition coefficient (Wildman–Crippen LogP) is 3.35. The van der Waals surface area contributed by atoms with Crippen LogP contribution in [0.4, 0.5) is 0 Å². The Morgan fingerprint density at radius 2 is 2.17 bits per heavy atom. The number of hydrogen-bond acceptors (Lipinski definition) is 0. The summed E-state index contributed by atoms with van der Waals surface area (Å²) in [4.78, 5) is 0. The maximum absolute atomic E-state index is 3.61. The Hall–Kier alpha value is 1.63. The number of allylic oxidation sites excluding steroid dienone is 1. The summed E-state index contributed by atoms with van der Waals surface area (Å²) in [6, 6.07) is 0. The second kappa shape index (κ2) is 4.78. The van der Waals surface area contributed by atoms with Gasteiger partial charge in [0.1, 0.15) is 0 Å². The summed E-state index contributed by atoms with van der Waals surface area (Å²) >= 11 is 4.85. The minimum absolute atomic E-state index is 0.221. The maximum atomic E-state index is 3.61. The van der Waals surface area contributed by atoms with Gasteiger partial charge < -0.3 is 0 Å². The molecule has 0 saturated carbocycles. The second-order valence-electron chi connectivity index (χ2n) is 0.774. The summed E-state index contributed by atoms with van der Waals surface area (Å²) in [5.74, 6) is 0. The van der Waals surface area contributed by atoms with Crippen LogP contribution in [0.2, 0.25) is 0 Å². The van der Waals surface area contributed by atoms with Gasteiger partial charge in [0, 0.05) is 9.37 Å². The SMILES string of the molecule is C=CCP(I)I. The van der Waals surface area contributed by atoms with Crippen molar-refractivity contribution in [2.45, 2.75) is 0 Å². The van der Waals surface area contributed by atoms with Gasteiger partial charge in [-0.05, 0) is 44.1 Å². The molecule has 36 valence electrons. The maximum Gasteiger partial charge on any atom is 0.0285 e. The summed E-state index contributed by atoms with van der Waals surface area (Å²) in [5, 5.41) is 0. The van der Waals surface area contributed by atoms with E-state index >= 15 is 0 Å². The molecule has 0 bridgehead atoms. The Kier molecular flexibility index (Phi) is 6.08. The van der Waals surface area contributed by atoms with Crippen molar-refractivity contribution in [1.82, 2.24) is 0 Å². The Morgan fingerprint density at radius 3 is 2.17 bits per heavy atom. The highest BCUT2D eigenvalue weighted by Crippen LogP contribution is 2.53. The van der Waals surface area contributed by atoms with Crippen LogP contribution in [0.3, 0.4) is 0 Å². The van der Waals surface area contributed by atoms with Crippen LogP contribution in [0.15, 0.2) is 12.7 Å². The summed E-state index contributed by atoms with van der Waals surface area (Å²) in [7, 11) is 0. The van der Waals surface area contributed by atoms with E-state index in [0.29, 0.717) is 0 Å². The van der Waals surface area contributed by atoms with Crippen LogP contribution in [0.25, 0.3) is 0 Å². The van der Waals surface area contributed by atoms with Crippen LogP contribution in [0.5, 0.6) is 0 Å². The van der Waals surface area contributed by atoms with E-state index in [4.69, 9.17) is 0 Å². The Balaban J connectivity index is 2.81. The first-order valence-corrected chi connectivity index (χ1v) is 8.57. The molecule has 0 fully saturated rings. The van der Waals surface area contributed by atoms with Crippen molar-refractivity contribution in [1.29, 1.82) is 0 Å². The van der Waals surface area contributed by atoms with Crippen LogP contribution in [-0.4, -0.2) is 6.16 Å². The van der Waals surface area contributed by atoms with E-state index in [2.05, 4.69) is 50.7 Å². The van der Waals surface area contributed by atoms with Gasteiger partial charge in [-0.15, -0.1) is 6.58 Å². The van der Waals surface area contributed by atoms with E-state index in [9.17, 15) is 0 Å². The smallest absolute Gasteiger partial charge is 0.0285 e. The average Bonchev–Trinajstić information content (AvgIpc) is 1.35. The molecular weight excluding hydrogens is 321 g/mol. The van der Waals surface area contributed by atoms with Crippen molar-refractivity contribution in [2.75, 3.05) is 6.16 Å². The lowest BCUT2D eigenvalue weighted by Crippen LogP contribution is -1.54. The van der Waals surface area contributed by atoms with Crippen molar-refractivity contribution in [3.8, 4) is 0 Å². The lowest BCUT2D eigenvalue weighted by atomic mass is 10.8. The molecule has 0 spiro atoms. The number of hydrogen-bond donors (Lipinski definition) is 0. The molecule has 0 rings (SSSR count). The molecule has 0 amide bonds. The van der Waals surface area contributed by atoms with Gasteiger partial charge in [0.05, 0.1) is 0 Å². The minimum atomic E-state index is 0.221. The first-order chi connectivity index (χ1) is 2.77. The van der Waals surface area contributed by atoms with Crippen molar-refractivity contribution in [3.05, 3.63) is 12.7 Å². The quantitative estimate of drug-likeness (QED) is 0.415. The fraction of sp³-hybridized carbons (Fsp3) is 0.333. The molecule has 0 aliphatic heterocycles. The Labute approximate surface area is 65.5 Å². The fourth-order valence-corrected chi connectivity index (χ4v) is 1.96. The average molecular weight is 326 g/mol. The zero-order valence-electron chi connectivity index (χ0n) is 3.19. The van der Waals surface area contributed by atoms with Gasteiger partial charge in [0.25, 0.3) is 0 Å². The van der Waals surface area contributed by atoms with Gasteiger partial charge in [-0.1, -0.05) is 6.08 Å². The van der Waals surface area contributed by atoms with Crippen molar-refractivity contribution in [2.24, 2.45) is 0 Å². The number of halogens is 2. The van der Waals surface area contributed by atoms with Crippen molar-refractivity contribution >= 4 is 47.3 Å². The van der Waals surface area contributed by atoms with Gasteiger partial charge in [-0.25, -0.2) is 0 Å². The summed E-state index contributed by atoms with van der Waals surface area (Å²) < 4.78 is 0.221. The largest absolute Gasteiger partial charge is 0.103 e. The lowest BCUT2D eigenvalue weighted by molar-refractivity contribution is 1.83. The van der Waals surface area contributed by atoms with Gasteiger partial charge in [0.15, 0.2) is 0 Å². The standard InChI is InChI=1S/C3H5I2P/c1-2-3-6(4)5/h2H,1,3H2. The van der Waals surface area contributed by atoms with Gasteiger partial charge in [-0.2, -0.15) is 0 Å². The first kappa shape index (κ1) is 7.63. The molecular formula is C3H5I2P. The monoisotopic (exact) mass is 326 g/mol. The van der Waals surface area contributed by atoms with Crippen LogP contribution in [0.1, 0.15) is 0 Å². The molecule has 0 radical (unpaired) electrons. The van der Waals surface area contributed by atoms with E-state index in [1.54, 1.807) is 0 Å². The third-order valence-electron chi connectivity index (χ3n) is 0.267. The molecule has 6 heavy (non-hydrogen) atoms. The second-order valence-corrected chi connectivity index (χ2v) is 14.3. The zero-order valence-corrected chi connectivity index (χ0v) is 8.40. The van der Waals surface area contributed by atoms with Gasteiger partial charge in [-0.3, -0.25) is 0 Å². The summed E-state index contributed by atoms with van der Waals surface area (Å²) in [6.45, 7) is 3.61. The normalized spacial score (nSPS) is 9.17. The number of rotatable bonds is 2. The fourth-order valence-electron chi connectivity index (χ4n) is 0.0976. The van der Waals surface area contributed by atoms with Crippen LogP contribution < -0.4 is 0 Å². The third-order valence-corrected chi connectivity index (χ3v) is 3.16. The first-order valence-electron chi connectivity index (χ1n) is 1.47. The van der Waals surface area contributed by atoms with E-state index in [-0.39, 0.29) is 3.21 Å². The molecule has 0 aromatic carbocycles. The lowest BCUT2D eigenvalue weighted by Gasteiger charge is -1.88. The Morgan fingerprint density at radius 1 is 1.67 bits per heavy atom. The molecule has 0 aliphatic rings. The Bertz CT molecular complexity index is 44.1. The predicted molar refractivity (Wildman–Crippen MR) is 50.0 cm³/mol. The minimum Gasteiger partial charge on any atom is -0.103 e. The van der Waals surface area contributed by atoms with Crippen LogP contribution >= 0.6 is 47.3 Å². The van der Waals surface area contributed by atoms with E-state index in [1.165, 1.54) is 6.16 Å². The summed E-state index contributed by atoms with van der Waals surface area (Å²) in [5.41, 5.74) is 0. The highest BCUT2D eigenvalue weighted by molar-refractivity contribution is 14.3. The molecule has 0 aromatic rings. The van der Waals surface area contributed by atoms with E-state index in [1.807, 2.05) is 6.08 Å². The third kappa shape index (κ3) is 5.63. The van der Waals surface area contributed by atoms with Crippen molar-refractivity contribution < 1.29 is 0 Å². The molecule has 0 N–H and O–H groups in total. The highest BCUT2D eigenvalue weighted by atomic mass is 127. The van der Waals surface area contributed by atoms with Crippen LogP contribution in [-0.2, 0) is 0 Å².